The van der Waals surface area contributed by atoms with E-state index >= 15 is 0 Å². The monoisotopic (exact) mass is 294 g/mol. The van der Waals surface area contributed by atoms with E-state index in [9.17, 15) is 9.18 Å². The molecule has 0 fully saturated rings. The molecule has 1 aliphatic heterocycles. The van der Waals surface area contributed by atoms with E-state index in [-0.39, 0.29) is 17.5 Å². The molecule has 4 rings (SSSR count). The molecule has 0 aromatic heterocycles. The first-order chi connectivity index (χ1) is 10.7. The van der Waals surface area contributed by atoms with E-state index in [2.05, 4.69) is 0 Å². The van der Waals surface area contributed by atoms with Crippen LogP contribution in [0.5, 0.6) is 5.75 Å². The van der Waals surface area contributed by atoms with Crippen LogP contribution in [0.1, 0.15) is 36.3 Å². The lowest BCUT2D eigenvalue weighted by Gasteiger charge is -2.32. The van der Waals surface area contributed by atoms with E-state index in [1.165, 1.54) is 12.1 Å². The van der Waals surface area contributed by atoms with Crippen molar-refractivity contribution in [1.29, 1.82) is 0 Å². The third-order valence-corrected chi connectivity index (χ3v) is 4.36. The molecule has 0 saturated carbocycles. The van der Waals surface area contributed by atoms with Crippen LogP contribution in [0.4, 0.5) is 4.39 Å². The molecule has 1 aliphatic carbocycles. The molecule has 0 radical (unpaired) electrons. The number of carbonyl (C=O) groups is 1. The molecule has 110 valence electrons. The predicted molar refractivity (Wildman–Crippen MR) is 81.2 cm³/mol. The lowest BCUT2D eigenvalue weighted by Crippen LogP contribution is -2.25. The second-order valence-corrected chi connectivity index (χ2v) is 5.74. The Bertz CT molecular complexity index is 774. The fraction of sp³-hybridized carbons (Fsp3) is 0.211. The third kappa shape index (κ3) is 2.05. The van der Waals surface area contributed by atoms with E-state index in [1.54, 1.807) is 12.1 Å². The van der Waals surface area contributed by atoms with E-state index in [4.69, 9.17) is 4.74 Å². The number of ether oxygens (including phenoxy) is 1. The summed E-state index contributed by atoms with van der Waals surface area (Å²) in [5.74, 6) is 1.29. The number of Topliss-reactive ketones (excluding diaryl/α,β-unsaturated/α-hetero) is 1. The maximum absolute atomic E-state index is 13.3. The molecule has 2 aromatic rings. The summed E-state index contributed by atoms with van der Waals surface area (Å²) >= 11 is 0. The van der Waals surface area contributed by atoms with Crippen molar-refractivity contribution in [2.75, 3.05) is 0 Å². The zero-order valence-corrected chi connectivity index (χ0v) is 12.0. The smallest absolute Gasteiger partial charge is 0.163 e. The van der Waals surface area contributed by atoms with Crippen molar-refractivity contribution in [3.8, 4) is 5.75 Å². The highest BCUT2D eigenvalue weighted by atomic mass is 19.1. The summed E-state index contributed by atoms with van der Waals surface area (Å²) in [5.41, 5.74) is 2.65. The first-order valence-corrected chi connectivity index (χ1v) is 7.52. The first-order valence-electron chi connectivity index (χ1n) is 7.52. The molecule has 0 N–H and O–H groups in total. The van der Waals surface area contributed by atoms with Gasteiger partial charge in [0.2, 0.25) is 0 Å². The average molecular weight is 294 g/mol. The summed E-state index contributed by atoms with van der Waals surface area (Å²) in [4.78, 5) is 12.5. The van der Waals surface area contributed by atoms with Gasteiger partial charge in [0.15, 0.2) is 5.78 Å². The van der Waals surface area contributed by atoms with Gasteiger partial charge < -0.3 is 4.74 Å². The normalized spacial score (nSPS) is 20.2. The Morgan fingerprint density at radius 3 is 2.59 bits per heavy atom. The molecule has 0 saturated heterocycles. The van der Waals surface area contributed by atoms with Crippen molar-refractivity contribution >= 4 is 5.78 Å². The molecule has 0 unspecified atom stereocenters. The Hall–Kier alpha value is -2.42. The van der Waals surface area contributed by atoms with E-state index in [0.29, 0.717) is 6.42 Å². The molecule has 22 heavy (non-hydrogen) atoms. The Morgan fingerprint density at radius 2 is 1.77 bits per heavy atom. The standard InChI is InChI=1S/C19H15FO2/c20-13-10-8-12(9-11-13)18-14-4-1-2-6-16(14)22-17-7-3-5-15(21)19(17)18/h1-2,4,6,8-11,18H,3,5,7H2/t18-/m1/s1. The SMILES string of the molecule is O=C1CCCC2=C1[C@H](c1ccc(F)cc1)c1ccccc1O2. The fourth-order valence-corrected chi connectivity index (χ4v) is 3.36. The molecular weight excluding hydrogens is 279 g/mol. The molecule has 0 spiro atoms. The summed E-state index contributed by atoms with van der Waals surface area (Å²) < 4.78 is 19.2. The van der Waals surface area contributed by atoms with Crippen LogP contribution >= 0.6 is 0 Å². The van der Waals surface area contributed by atoms with Gasteiger partial charge in [0.1, 0.15) is 17.3 Å². The number of ketones is 1. The minimum atomic E-state index is -0.270. The van der Waals surface area contributed by atoms with Gasteiger partial charge in [0, 0.05) is 29.9 Å². The van der Waals surface area contributed by atoms with Crippen molar-refractivity contribution in [3.05, 3.63) is 76.8 Å². The van der Waals surface area contributed by atoms with Crippen molar-refractivity contribution in [2.24, 2.45) is 0 Å². The van der Waals surface area contributed by atoms with Gasteiger partial charge in [-0.15, -0.1) is 0 Å². The van der Waals surface area contributed by atoms with Gasteiger partial charge in [-0.05, 0) is 30.2 Å². The second-order valence-electron chi connectivity index (χ2n) is 5.74. The minimum absolute atomic E-state index is 0.144. The molecule has 0 bridgehead atoms. The van der Waals surface area contributed by atoms with Gasteiger partial charge in [-0.2, -0.15) is 0 Å². The molecule has 2 aromatic carbocycles. The molecule has 1 heterocycles. The van der Waals surface area contributed by atoms with Crippen molar-refractivity contribution in [1.82, 2.24) is 0 Å². The van der Waals surface area contributed by atoms with Crippen LogP contribution in [0.25, 0.3) is 0 Å². The topological polar surface area (TPSA) is 26.3 Å². The number of carbonyl (C=O) groups excluding carboxylic acids is 1. The minimum Gasteiger partial charge on any atom is -0.461 e. The van der Waals surface area contributed by atoms with Gasteiger partial charge >= 0.3 is 0 Å². The van der Waals surface area contributed by atoms with Crippen LogP contribution in [0, 0.1) is 5.82 Å². The van der Waals surface area contributed by atoms with Gasteiger partial charge in [0.05, 0.1) is 0 Å². The summed E-state index contributed by atoms with van der Waals surface area (Å²) in [7, 11) is 0. The Kier molecular flexibility index (Phi) is 3.07. The summed E-state index contributed by atoms with van der Waals surface area (Å²) in [6, 6.07) is 14.2. The highest BCUT2D eigenvalue weighted by Gasteiger charge is 2.36. The van der Waals surface area contributed by atoms with E-state index in [1.807, 2.05) is 24.3 Å². The Morgan fingerprint density at radius 1 is 1.00 bits per heavy atom. The summed E-state index contributed by atoms with van der Waals surface area (Å²) in [6.45, 7) is 0. The van der Waals surface area contributed by atoms with E-state index < -0.39 is 0 Å². The molecule has 2 nitrogen and oxygen atoms in total. The van der Waals surface area contributed by atoms with Crippen LogP contribution in [0.2, 0.25) is 0 Å². The van der Waals surface area contributed by atoms with E-state index in [0.717, 1.165) is 41.1 Å². The van der Waals surface area contributed by atoms with Gasteiger partial charge in [-0.1, -0.05) is 30.3 Å². The number of fused-ring (bicyclic) bond motifs is 1. The van der Waals surface area contributed by atoms with Crippen LogP contribution in [0.3, 0.4) is 0 Å². The lowest BCUT2D eigenvalue weighted by atomic mass is 9.77. The van der Waals surface area contributed by atoms with Crippen LogP contribution in [-0.2, 0) is 4.79 Å². The Labute approximate surface area is 128 Å². The van der Waals surface area contributed by atoms with Crippen molar-refractivity contribution in [2.45, 2.75) is 25.2 Å². The predicted octanol–water partition coefficient (Wildman–Crippen LogP) is 4.36. The number of halogens is 1. The number of hydrogen-bond acceptors (Lipinski definition) is 2. The van der Waals surface area contributed by atoms with Crippen LogP contribution < -0.4 is 4.74 Å². The highest BCUT2D eigenvalue weighted by molar-refractivity contribution is 5.99. The number of rotatable bonds is 1. The number of allylic oxidation sites excluding steroid dienone is 2. The maximum atomic E-state index is 13.3. The number of para-hydroxylation sites is 1. The second kappa shape index (κ2) is 5.09. The maximum Gasteiger partial charge on any atom is 0.163 e. The third-order valence-electron chi connectivity index (χ3n) is 4.36. The zero-order valence-electron chi connectivity index (χ0n) is 12.0. The van der Waals surface area contributed by atoms with Gasteiger partial charge in [0.25, 0.3) is 0 Å². The highest BCUT2D eigenvalue weighted by Crippen LogP contribution is 2.46. The molecule has 3 heteroatoms. The largest absolute Gasteiger partial charge is 0.461 e. The van der Waals surface area contributed by atoms with Gasteiger partial charge in [-0.25, -0.2) is 4.39 Å². The molecule has 0 amide bonds. The van der Waals surface area contributed by atoms with Crippen molar-refractivity contribution < 1.29 is 13.9 Å². The Balaban J connectivity index is 1.93. The quantitative estimate of drug-likeness (QED) is 0.781. The number of hydrogen-bond donors (Lipinski definition) is 0. The van der Waals surface area contributed by atoms with Crippen molar-refractivity contribution in [3.63, 3.8) is 0 Å². The molecular formula is C19H15FO2. The first kappa shape index (κ1) is 13.3. The number of benzene rings is 2. The fourth-order valence-electron chi connectivity index (χ4n) is 3.36. The zero-order chi connectivity index (χ0) is 15.1. The van der Waals surface area contributed by atoms with Crippen LogP contribution in [-0.4, -0.2) is 5.78 Å². The lowest BCUT2D eigenvalue weighted by molar-refractivity contribution is -0.116. The molecule has 2 aliphatic rings. The molecule has 1 atom stereocenters. The summed E-state index contributed by atoms with van der Waals surface area (Å²) in [6.07, 6.45) is 2.17. The van der Waals surface area contributed by atoms with Gasteiger partial charge in [-0.3, -0.25) is 4.79 Å². The summed E-state index contributed by atoms with van der Waals surface area (Å²) in [5, 5.41) is 0. The van der Waals surface area contributed by atoms with Crippen LogP contribution in [0.15, 0.2) is 59.9 Å². The average Bonchev–Trinajstić information content (AvgIpc) is 2.54.